The second kappa shape index (κ2) is 12.3. The van der Waals surface area contributed by atoms with Crippen LogP contribution in [-0.2, 0) is 13.1 Å². The predicted molar refractivity (Wildman–Crippen MR) is 155 cm³/mol. The van der Waals surface area contributed by atoms with Crippen molar-refractivity contribution in [2.75, 3.05) is 17.2 Å². The summed E-state index contributed by atoms with van der Waals surface area (Å²) in [6.45, 7) is 4.13. The van der Waals surface area contributed by atoms with E-state index >= 15 is 0 Å². The fraction of sp³-hybridized carbons (Fsp3) is 0.241. The number of hydrogen-bond donors (Lipinski definition) is 3. The van der Waals surface area contributed by atoms with Crippen LogP contribution in [0.15, 0.2) is 83.1 Å². The van der Waals surface area contributed by atoms with Gasteiger partial charge in [-0.2, -0.15) is 0 Å². The summed E-state index contributed by atoms with van der Waals surface area (Å²) in [5.41, 5.74) is 5.56. The van der Waals surface area contributed by atoms with Crippen molar-refractivity contribution >= 4 is 22.7 Å². The molecule has 5 aromatic rings. The van der Waals surface area contributed by atoms with Gasteiger partial charge in [-0.25, -0.2) is 5.10 Å². The third-order valence-corrected chi connectivity index (χ3v) is 7.29. The van der Waals surface area contributed by atoms with Crippen LogP contribution in [0.2, 0.25) is 0 Å². The number of hydrogen-bond acceptors (Lipinski definition) is 7. The van der Waals surface area contributed by atoms with Crippen LogP contribution < -0.4 is 16.2 Å². The zero-order valence-corrected chi connectivity index (χ0v) is 22.2. The van der Waals surface area contributed by atoms with Crippen LogP contribution in [0, 0.1) is 0 Å². The molecule has 0 bridgehead atoms. The Morgan fingerprint density at radius 2 is 1.79 bits per heavy atom. The number of thiophene rings is 1. The van der Waals surface area contributed by atoms with Crippen molar-refractivity contribution in [2.45, 2.75) is 39.3 Å². The fourth-order valence-electron chi connectivity index (χ4n) is 4.39. The first-order valence-electron chi connectivity index (χ1n) is 12.9. The highest BCUT2D eigenvalue weighted by Crippen LogP contribution is 2.30. The lowest BCUT2D eigenvalue weighted by molar-refractivity contribution is 0.741. The molecule has 38 heavy (non-hydrogen) atoms. The molecule has 194 valence electrons. The molecule has 2 aromatic carbocycles. The molecule has 0 fully saturated rings. The summed E-state index contributed by atoms with van der Waals surface area (Å²) in [5.74, 6) is 0.633. The lowest BCUT2D eigenvalue weighted by Crippen LogP contribution is -2.25. The van der Waals surface area contributed by atoms with Gasteiger partial charge in [-0.15, -0.1) is 16.4 Å². The monoisotopic (exact) mass is 525 g/mol. The van der Waals surface area contributed by atoms with Gasteiger partial charge in [0.2, 0.25) is 0 Å². The Morgan fingerprint density at radius 1 is 0.947 bits per heavy atom. The first-order valence-corrected chi connectivity index (χ1v) is 13.8. The predicted octanol–water partition coefficient (Wildman–Crippen LogP) is 6.02. The smallest absolute Gasteiger partial charge is 0.276 e. The Balaban J connectivity index is 1.35. The first kappa shape index (κ1) is 25.4. The summed E-state index contributed by atoms with van der Waals surface area (Å²) in [6.07, 6.45) is 5.27. The van der Waals surface area contributed by atoms with Crippen molar-refractivity contribution in [3.05, 3.63) is 99.1 Å². The van der Waals surface area contributed by atoms with Crippen LogP contribution in [0.3, 0.4) is 0 Å². The number of unbranched alkanes of at least 4 members (excludes halogenated alkanes) is 2. The van der Waals surface area contributed by atoms with Crippen molar-refractivity contribution < 1.29 is 0 Å². The Kier molecular flexibility index (Phi) is 8.25. The molecular weight excluding hydrogens is 494 g/mol. The van der Waals surface area contributed by atoms with E-state index in [0.29, 0.717) is 24.6 Å². The average Bonchev–Trinajstić information content (AvgIpc) is 3.67. The summed E-state index contributed by atoms with van der Waals surface area (Å²) in [7, 11) is 0. The highest BCUT2D eigenvalue weighted by atomic mass is 32.1. The van der Waals surface area contributed by atoms with Crippen molar-refractivity contribution in [3.63, 3.8) is 0 Å². The Morgan fingerprint density at radius 3 is 2.53 bits per heavy atom. The third kappa shape index (κ3) is 6.00. The first-order chi connectivity index (χ1) is 18.7. The number of aromatic amines is 1. The number of H-pyrrole nitrogens is 1. The van der Waals surface area contributed by atoms with Crippen LogP contribution in [0.5, 0.6) is 0 Å². The van der Waals surface area contributed by atoms with Gasteiger partial charge in [-0.3, -0.25) is 4.79 Å². The van der Waals surface area contributed by atoms with Crippen LogP contribution in [-0.4, -0.2) is 31.7 Å². The van der Waals surface area contributed by atoms with E-state index in [4.69, 9.17) is 0 Å². The number of benzene rings is 2. The number of nitrogens with zero attached hydrogens (tertiary/aromatic N) is 4. The quantitative estimate of drug-likeness (QED) is 0.172. The summed E-state index contributed by atoms with van der Waals surface area (Å²) in [4.78, 5) is 14.6. The van der Waals surface area contributed by atoms with Crippen molar-refractivity contribution in [1.82, 2.24) is 25.2 Å². The standard InChI is InChI=1S/C29H31N7OS/c1-2-3-6-16-30-26-15-17-36(20-23-8-7-18-38-23)29(37)27(26)31-19-21-11-13-22(14-12-21)24-9-4-5-10-25(24)28-32-34-35-33-28/h4-5,7-15,17-18,30-31H,2-3,6,16,19-20H2,1H3,(H,32,33,34,35). The van der Waals surface area contributed by atoms with Gasteiger partial charge >= 0.3 is 0 Å². The minimum Gasteiger partial charge on any atom is -0.383 e. The van der Waals surface area contributed by atoms with E-state index in [0.717, 1.165) is 58.6 Å². The number of pyridine rings is 1. The summed E-state index contributed by atoms with van der Waals surface area (Å²) >= 11 is 1.66. The van der Waals surface area contributed by atoms with Gasteiger partial charge in [-0.1, -0.05) is 74.4 Å². The van der Waals surface area contributed by atoms with Gasteiger partial charge in [0, 0.05) is 29.7 Å². The average molecular weight is 526 g/mol. The van der Waals surface area contributed by atoms with E-state index in [1.165, 1.54) is 0 Å². The topological polar surface area (TPSA) is 101 Å². The Hall–Kier alpha value is -4.24. The molecule has 8 nitrogen and oxygen atoms in total. The van der Waals surface area contributed by atoms with E-state index in [9.17, 15) is 4.79 Å². The molecule has 0 atom stereocenters. The number of aromatic nitrogens is 5. The zero-order chi connectivity index (χ0) is 26.2. The van der Waals surface area contributed by atoms with E-state index < -0.39 is 0 Å². The highest BCUT2D eigenvalue weighted by molar-refractivity contribution is 7.09. The lowest BCUT2D eigenvalue weighted by Gasteiger charge is -2.16. The van der Waals surface area contributed by atoms with E-state index in [1.807, 2.05) is 41.9 Å². The number of rotatable bonds is 12. The molecule has 0 saturated carbocycles. The highest BCUT2D eigenvalue weighted by Gasteiger charge is 2.12. The molecule has 3 aromatic heterocycles. The van der Waals surface area contributed by atoms with Gasteiger partial charge in [0.25, 0.3) is 5.56 Å². The van der Waals surface area contributed by atoms with Crippen LogP contribution in [0.4, 0.5) is 11.4 Å². The maximum Gasteiger partial charge on any atom is 0.276 e. The Bertz CT molecular complexity index is 1490. The minimum absolute atomic E-state index is 0.0231. The molecule has 3 heterocycles. The molecule has 0 spiro atoms. The van der Waals surface area contributed by atoms with Gasteiger partial charge in [0.15, 0.2) is 5.82 Å². The van der Waals surface area contributed by atoms with Crippen LogP contribution >= 0.6 is 11.3 Å². The molecule has 0 amide bonds. The van der Waals surface area contributed by atoms with Gasteiger partial charge in [-0.05, 0) is 51.1 Å². The number of nitrogens with one attached hydrogen (secondary N) is 3. The molecule has 9 heteroatoms. The number of anilines is 2. The molecule has 0 saturated heterocycles. The lowest BCUT2D eigenvalue weighted by atomic mass is 9.98. The van der Waals surface area contributed by atoms with Gasteiger partial charge in [0.1, 0.15) is 5.69 Å². The third-order valence-electron chi connectivity index (χ3n) is 6.43. The zero-order valence-electron chi connectivity index (χ0n) is 21.4. The van der Waals surface area contributed by atoms with E-state index in [1.54, 1.807) is 15.9 Å². The number of tetrazole rings is 1. The largest absolute Gasteiger partial charge is 0.383 e. The Labute approximate surface area is 225 Å². The molecule has 3 N–H and O–H groups in total. The molecule has 0 radical (unpaired) electrons. The fourth-order valence-corrected chi connectivity index (χ4v) is 5.10. The van der Waals surface area contributed by atoms with Gasteiger partial charge in [0.05, 0.1) is 12.2 Å². The molecule has 0 unspecified atom stereocenters. The van der Waals surface area contributed by atoms with Gasteiger partial charge < -0.3 is 15.2 Å². The molecule has 5 rings (SSSR count). The summed E-state index contributed by atoms with van der Waals surface area (Å²) in [5, 5.41) is 23.3. The molecule has 0 aliphatic carbocycles. The molecular formula is C29H31N7OS. The SMILES string of the molecule is CCCCCNc1ccn(Cc2cccs2)c(=O)c1NCc1ccc(-c2ccccc2-c2nnn[nH]2)cc1. The van der Waals surface area contributed by atoms with Crippen molar-refractivity contribution in [3.8, 4) is 22.5 Å². The van der Waals surface area contributed by atoms with Crippen molar-refractivity contribution in [2.24, 2.45) is 0 Å². The van der Waals surface area contributed by atoms with Crippen LogP contribution in [0.25, 0.3) is 22.5 Å². The summed E-state index contributed by atoms with van der Waals surface area (Å²) in [6, 6.07) is 22.4. The second-order valence-corrected chi connectivity index (χ2v) is 10.1. The maximum absolute atomic E-state index is 13.5. The normalized spacial score (nSPS) is 11.0. The minimum atomic E-state index is -0.0231. The summed E-state index contributed by atoms with van der Waals surface area (Å²) < 4.78 is 1.77. The van der Waals surface area contributed by atoms with Crippen molar-refractivity contribution in [1.29, 1.82) is 0 Å². The van der Waals surface area contributed by atoms with Crippen LogP contribution in [0.1, 0.15) is 36.6 Å². The maximum atomic E-state index is 13.5. The molecule has 0 aliphatic rings. The van der Waals surface area contributed by atoms with E-state index in [2.05, 4.69) is 74.6 Å². The van der Waals surface area contributed by atoms with E-state index in [-0.39, 0.29) is 5.56 Å². The second-order valence-electron chi connectivity index (χ2n) is 9.10. The molecule has 0 aliphatic heterocycles.